The number of carbonyl (C=O) groups excluding carboxylic acids is 1. The van der Waals surface area contributed by atoms with Gasteiger partial charge in [0.15, 0.2) is 0 Å². The molecule has 4 nitrogen and oxygen atoms in total. The molecule has 0 aliphatic heterocycles. The zero-order chi connectivity index (χ0) is 18.6. The van der Waals surface area contributed by atoms with E-state index in [2.05, 4.69) is 26.2 Å². The van der Waals surface area contributed by atoms with E-state index in [1.54, 1.807) is 6.92 Å². The second kappa shape index (κ2) is 8.05. The molecule has 0 saturated heterocycles. The van der Waals surface area contributed by atoms with Gasteiger partial charge in [-0.1, -0.05) is 23.7 Å². The van der Waals surface area contributed by atoms with E-state index in [-0.39, 0.29) is 23.1 Å². The maximum atomic E-state index is 12.9. The number of para-hydroxylation sites is 1. The lowest BCUT2D eigenvalue weighted by molar-refractivity contribution is -0.139. The molecule has 25 heavy (non-hydrogen) atoms. The van der Waals surface area contributed by atoms with Crippen molar-refractivity contribution >= 4 is 33.4 Å². The highest BCUT2D eigenvalue weighted by Gasteiger charge is 2.34. The van der Waals surface area contributed by atoms with Gasteiger partial charge in [-0.05, 0) is 41.1 Å². The van der Waals surface area contributed by atoms with Crippen LogP contribution in [0.4, 0.5) is 13.2 Å². The molecule has 9 heteroatoms. The third-order valence-electron chi connectivity index (χ3n) is 3.11. The Morgan fingerprint density at radius 3 is 2.76 bits per heavy atom. The Labute approximate surface area is 155 Å². The maximum absolute atomic E-state index is 12.9. The molecule has 1 aromatic carbocycles. The molecule has 0 aliphatic carbocycles. The first-order valence-electron chi connectivity index (χ1n) is 7.09. The molecule has 134 valence electrons. The summed E-state index contributed by atoms with van der Waals surface area (Å²) in [6.45, 7) is 1.46. The topological polar surface area (TPSA) is 51.2 Å². The molecule has 1 atom stereocenters. The lowest BCUT2D eigenvalue weighted by Crippen LogP contribution is -2.37. The van der Waals surface area contributed by atoms with Gasteiger partial charge in [0, 0.05) is 10.7 Å². The molecule has 1 aromatic heterocycles. The Balaban J connectivity index is 2.01. The molecule has 2 rings (SSSR count). The van der Waals surface area contributed by atoms with Gasteiger partial charge in [0.25, 0.3) is 5.91 Å². The average Bonchev–Trinajstić information content (AvgIpc) is 2.54. The predicted octanol–water partition coefficient (Wildman–Crippen LogP) is 4.71. The van der Waals surface area contributed by atoms with Gasteiger partial charge in [0.05, 0.1) is 17.2 Å². The van der Waals surface area contributed by atoms with E-state index in [0.29, 0.717) is 4.47 Å². The summed E-state index contributed by atoms with van der Waals surface area (Å²) in [5.74, 6) is -0.794. The third kappa shape index (κ3) is 5.34. The van der Waals surface area contributed by atoms with Crippen molar-refractivity contribution in [2.24, 2.45) is 0 Å². The number of hydrogen-bond acceptors (Lipinski definition) is 3. The Morgan fingerprint density at radius 1 is 1.40 bits per heavy atom. The zero-order valence-electron chi connectivity index (χ0n) is 12.9. The van der Waals surface area contributed by atoms with Crippen LogP contribution in [-0.4, -0.2) is 23.5 Å². The van der Waals surface area contributed by atoms with Crippen molar-refractivity contribution in [1.82, 2.24) is 10.3 Å². The molecule has 1 N–H and O–H groups in total. The van der Waals surface area contributed by atoms with Crippen LogP contribution in [0.2, 0.25) is 5.15 Å². The Morgan fingerprint density at radius 2 is 2.08 bits per heavy atom. The summed E-state index contributed by atoms with van der Waals surface area (Å²) in [5.41, 5.74) is -0.716. The monoisotopic (exact) mass is 436 g/mol. The second-order valence-corrected chi connectivity index (χ2v) is 6.45. The smallest absolute Gasteiger partial charge is 0.419 e. The minimum absolute atomic E-state index is 0.0243. The molecule has 0 saturated carbocycles. The van der Waals surface area contributed by atoms with E-state index in [1.807, 2.05) is 0 Å². The van der Waals surface area contributed by atoms with E-state index in [4.69, 9.17) is 16.3 Å². The van der Waals surface area contributed by atoms with E-state index in [0.717, 1.165) is 6.07 Å². The van der Waals surface area contributed by atoms with Crippen LogP contribution in [0.15, 0.2) is 41.0 Å². The van der Waals surface area contributed by atoms with E-state index in [1.165, 1.54) is 30.5 Å². The molecule has 0 aliphatic rings. The fourth-order valence-corrected chi connectivity index (χ4v) is 2.49. The van der Waals surface area contributed by atoms with Crippen LogP contribution in [0.3, 0.4) is 0 Å². The Bertz CT molecular complexity index is 771. The molecule has 0 spiro atoms. The highest BCUT2D eigenvalue weighted by molar-refractivity contribution is 9.10. The van der Waals surface area contributed by atoms with Crippen molar-refractivity contribution < 1.29 is 22.7 Å². The van der Waals surface area contributed by atoms with Gasteiger partial charge in [-0.3, -0.25) is 4.79 Å². The Hall–Kier alpha value is -1.80. The molecule has 1 heterocycles. The van der Waals surface area contributed by atoms with Gasteiger partial charge in [-0.25, -0.2) is 4.98 Å². The van der Waals surface area contributed by atoms with E-state index < -0.39 is 23.7 Å². The number of amides is 1. The number of ether oxygens (including phenoxy) is 1. The van der Waals surface area contributed by atoms with Crippen molar-refractivity contribution in [1.29, 1.82) is 0 Å². The first-order chi connectivity index (χ1) is 11.7. The van der Waals surface area contributed by atoms with Crippen LogP contribution in [0.25, 0.3) is 0 Å². The van der Waals surface area contributed by atoms with Crippen LogP contribution in [0.1, 0.15) is 22.8 Å². The number of carbonyl (C=O) groups is 1. The SMILES string of the molecule is C[C@H](COc1ccccc1C(F)(F)F)NC(=O)c1cc(Br)cnc1Cl. The van der Waals surface area contributed by atoms with Gasteiger partial charge in [0.1, 0.15) is 17.5 Å². The molecule has 0 bridgehead atoms. The lowest BCUT2D eigenvalue weighted by atomic mass is 10.2. The summed E-state index contributed by atoms with van der Waals surface area (Å²) in [4.78, 5) is 16.0. The molecule has 0 fully saturated rings. The Kier molecular flexibility index (Phi) is 6.29. The van der Waals surface area contributed by atoms with Crippen LogP contribution >= 0.6 is 27.5 Å². The summed E-state index contributed by atoms with van der Waals surface area (Å²) in [5, 5.41) is 2.63. The van der Waals surface area contributed by atoms with Gasteiger partial charge < -0.3 is 10.1 Å². The van der Waals surface area contributed by atoms with Crippen molar-refractivity contribution in [3.8, 4) is 5.75 Å². The molecule has 0 radical (unpaired) electrons. The van der Waals surface area contributed by atoms with Crippen molar-refractivity contribution in [2.45, 2.75) is 19.1 Å². The van der Waals surface area contributed by atoms with Crippen molar-refractivity contribution in [3.05, 3.63) is 57.3 Å². The normalized spacial score (nSPS) is 12.6. The summed E-state index contributed by atoms with van der Waals surface area (Å²) in [6, 6.07) is 5.84. The van der Waals surface area contributed by atoms with E-state index >= 15 is 0 Å². The number of halogens is 5. The highest BCUT2D eigenvalue weighted by Crippen LogP contribution is 2.35. The largest absolute Gasteiger partial charge is 0.491 e. The quantitative estimate of drug-likeness (QED) is 0.689. The number of benzene rings is 1. The van der Waals surface area contributed by atoms with Crippen LogP contribution in [-0.2, 0) is 6.18 Å². The number of hydrogen-bond donors (Lipinski definition) is 1. The number of pyridine rings is 1. The van der Waals surface area contributed by atoms with E-state index in [9.17, 15) is 18.0 Å². The van der Waals surface area contributed by atoms with Crippen molar-refractivity contribution in [2.75, 3.05) is 6.61 Å². The van der Waals surface area contributed by atoms with Crippen molar-refractivity contribution in [3.63, 3.8) is 0 Å². The minimum atomic E-state index is -4.52. The van der Waals surface area contributed by atoms with Crippen LogP contribution < -0.4 is 10.1 Å². The fraction of sp³-hybridized carbons (Fsp3) is 0.250. The van der Waals surface area contributed by atoms with Gasteiger partial charge in [-0.15, -0.1) is 0 Å². The lowest BCUT2D eigenvalue weighted by Gasteiger charge is -2.18. The second-order valence-electron chi connectivity index (χ2n) is 5.17. The van der Waals surface area contributed by atoms with Gasteiger partial charge in [0.2, 0.25) is 0 Å². The van der Waals surface area contributed by atoms with Crippen LogP contribution in [0.5, 0.6) is 5.75 Å². The summed E-state index contributed by atoms with van der Waals surface area (Å²) >= 11 is 9.06. The summed E-state index contributed by atoms with van der Waals surface area (Å²) in [7, 11) is 0. The predicted molar refractivity (Wildman–Crippen MR) is 90.8 cm³/mol. The highest BCUT2D eigenvalue weighted by atomic mass is 79.9. The third-order valence-corrected chi connectivity index (χ3v) is 3.84. The average molecular weight is 438 g/mol. The number of nitrogens with zero attached hydrogens (tertiary/aromatic N) is 1. The summed E-state index contributed by atoms with van der Waals surface area (Å²) in [6.07, 6.45) is -3.07. The number of alkyl halides is 3. The maximum Gasteiger partial charge on any atom is 0.419 e. The summed E-state index contributed by atoms with van der Waals surface area (Å²) < 4.78 is 44.5. The zero-order valence-corrected chi connectivity index (χ0v) is 15.2. The number of nitrogens with one attached hydrogen (secondary N) is 1. The molecule has 1 amide bonds. The standard InChI is InChI=1S/C16H13BrClF3N2O2/c1-9(23-15(24)11-6-10(17)7-22-14(11)18)8-25-13-5-3-2-4-12(13)16(19,20)21/h2-7,9H,8H2,1H3,(H,23,24)/t9-/m1/s1. The first kappa shape index (κ1) is 19.5. The van der Waals surface area contributed by atoms with Crippen LogP contribution in [0, 0.1) is 0 Å². The molecular weight excluding hydrogens is 425 g/mol. The number of aromatic nitrogens is 1. The van der Waals surface area contributed by atoms with Gasteiger partial charge in [-0.2, -0.15) is 13.2 Å². The first-order valence-corrected chi connectivity index (χ1v) is 8.26. The minimum Gasteiger partial charge on any atom is -0.491 e. The fourth-order valence-electron chi connectivity index (χ4n) is 1.97. The molecule has 2 aromatic rings. The number of rotatable bonds is 5. The van der Waals surface area contributed by atoms with Gasteiger partial charge >= 0.3 is 6.18 Å². The molecular formula is C16H13BrClF3N2O2. The molecule has 0 unspecified atom stereocenters.